The second kappa shape index (κ2) is 8.85. The second-order valence-corrected chi connectivity index (χ2v) is 11.5. The number of rotatable bonds is 7. The van der Waals surface area contributed by atoms with Crippen LogP contribution < -0.4 is 4.90 Å². The number of aryl methyl sites for hydroxylation is 1. The molecule has 3 aliphatic rings. The minimum Gasteiger partial charge on any atom is -0.396 e. The van der Waals surface area contributed by atoms with Crippen molar-refractivity contribution in [3.63, 3.8) is 0 Å². The molecular formula is C28H29F4N5O2. The number of amides is 1. The summed E-state index contributed by atoms with van der Waals surface area (Å²) in [6.45, 7) is 3.09. The third-order valence-corrected chi connectivity index (χ3v) is 8.48. The Kier molecular flexibility index (Phi) is 5.89. The zero-order valence-electron chi connectivity index (χ0n) is 21.6. The van der Waals surface area contributed by atoms with Gasteiger partial charge in [-0.2, -0.15) is 13.2 Å². The van der Waals surface area contributed by atoms with Gasteiger partial charge < -0.3 is 9.67 Å². The maximum absolute atomic E-state index is 15.8. The number of anilines is 1. The zero-order chi connectivity index (χ0) is 27.7. The van der Waals surface area contributed by atoms with Gasteiger partial charge in [-0.25, -0.2) is 4.39 Å². The largest absolute Gasteiger partial charge is 0.416 e. The monoisotopic (exact) mass is 543 g/mol. The predicted octanol–water partition coefficient (Wildman–Crippen LogP) is 4.59. The molecule has 1 saturated carbocycles. The van der Waals surface area contributed by atoms with E-state index in [4.69, 9.17) is 0 Å². The number of carbonyl (C=O) groups excluding carboxylic acids is 1. The van der Waals surface area contributed by atoms with Crippen molar-refractivity contribution in [2.45, 2.75) is 43.6 Å². The van der Waals surface area contributed by atoms with E-state index in [2.05, 4.69) is 10.2 Å². The highest BCUT2D eigenvalue weighted by atomic mass is 19.4. The fraction of sp³-hybridized carbons (Fsp3) is 0.464. The third kappa shape index (κ3) is 4.13. The molecule has 1 N–H and O–H groups in total. The Hall–Kier alpha value is -3.31. The van der Waals surface area contributed by atoms with E-state index < -0.39 is 35.3 Å². The van der Waals surface area contributed by atoms with Crippen LogP contribution in [0.2, 0.25) is 0 Å². The van der Waals surface area contributed by atoms with E-state index in [1.54, 1.807) is 31.3 Å². The minimum atomic E-state index is -4.63. The summed E-state index contributed by atoms with van der Waals surface area (Å²) < 4.78 is 59.7. The van der Waals surface area contributed by atoms with Gasteiger partial charge in [-0.3, -0.25) is 14.6 Å². The number of aromatic nitrogens is 3. The maximum Gasteiger partial charge on any atom is 0.416 e. The molecule has 3 aromatic rings. The van der Waals surface area contributed by atoms with Crippen LogP contribution in [0.5, 0.6) is 0 Å². The SMILES string of the molecule is Cn1cnnc1C(F)C1(c2cccc(N3C(=O)c4cccc(C(F)(F)F)c4[C@@H]3CN3CC(C)(CO)C3)c2)CC1. The van der Waals surface area contributed by atoms with Crippen LogP contribution in [0.4, 0.5) is 23.2 Å². The number of fused-ring (bicyclic) bond motifs is 1. The molecule has 1 unspecified atom stereocenters. The minimum absolute atomic E-state index is 0.0225. The standard InChI is InChI=1S/C28H29F4N5O2/c1-26(15-38)13-36(14-26)12-21-22-19(7-4-8-20(22)28(30,31)32)25(39)37(21)18-6-3-5-17(11-18)27(9-10-27)23(29)24-34-33-16-35(24)2/h3-8,11,16,21,23,38H,9-10,12-15H2,1-2H3/t21-,23?/m0/s1. The van der Waals surface area contributed by atoms with Crippen molar-refractivity contribution in [1.29, 1.82) is 0 Å². The molecule has 2 aromatic carbocycles. The van der Waals surface area contributed by atoms with Crippen LogP contribution in [0.15, 0.2) is 48.8 Å². The van der Waals surface area contributed by atoms with Crippen LogP contribution >= 0.6 is 0 Å². The van der Waals surface area contributed by atoms with Crippen molar-refractivity contribution in [2.75, 3.05) is 31.1 Å². The Bertz CT molecular complexity index is 1430. The Morgan fingerprint density at radius 1 is 1.15 bits per heavy atom. The molecule has 1 saturated heterocycles. The first-order valence-electron chi connectivity index (χ1n) is 12.9. The molecule has 2 atom stereocenters. The molecule has 0 radical (unpaired) electrons. The Morgan fingerprint density at radius 2 is 1.87 bits per heavy atom. The highest BCUT2D eigenvalue weighted by Gasteiger charge is 2.54. The van der Waals surface area contributed by atoms with Gasteiger partial charge in [0.25, 0.3) is 5.91 Å². The van der Waals surface area contributed by atoms with E-state index in [1.807, 2.05) is 11.8 Å². The number of hydrogen-bond acceptors (Lipinski definition) is 5. The van der Waals surface area contributed by atoms with Crippen LogP contribution in [-0.2, 0) is 18.6 Å². The number of hydrogen-bond donors (Lipinski definition) is 1. The molecule has 206 valence electrons. The van der Waals surface area contributed by atoms with Gasteiger partial charge in [0.2, 0.25) is 0 Å². The van der Waals surface area contributed by atoms with Crippen molar-refractivity contribution in [2.24, 2.45) is 12.5 Å². The average molecular weight is 544 g/mol. The maximum atomic E-state index is 15.8. The van der Waals surface area contributed by atoms with Crippen molar-refractivity contribution in [1.82, 2.24) is 19.7 Å². The van der Waals surface area contributed by atoms with Crippen LogP contribution in [0.25, 0.3) is 0 Å². The van der Waals surface area contributed by atoms with Crippen molar-refractivity contribution in [3.8, 4) is 0 Å². The lowest BCUT2D eigenvalue weighted by Gasteiger charge is -2.48. The number of aliphatic hydroxyl groups excluding tert-OH is 1. The fourth-order valence-corrected chi connectivity index (χ4v) is 6.29. The Morgan fingerprint density at radius 3 is 2.49 bits per heavy atom. The summed E-state index contributed by atoms with van der Waals surface area (Å²) in [5, 5.41) is 17.4. The topological polar surface area (TPSA) is 74.5 Å². The average Bonchev–Trinajstić information content (AvgIpc) is 3.52. The summed E-state index contributed by atoms with van der Waals surface area (Å²) in [6, 6.07) is 9.76. The normalized spacial score (nSPS) is 22.5. The summed E-state index contributed by atoms with van der Waals surface area (Å²) in [4.78, 5) is 17.1. The van der Waals surface area contributed by atoms with Gasteiger partial charge in [0.15, 0.2) is 12.0 Å². The fourth-order valence-electron chi connectivity index (χ4n) is 6.29. The Labute approximate surface area is 223 Å². The van der Waals surface area contributed by atoms with Gasteiger partial charge in [0, 0.05) is 54.3 Å². The summed E-state index contributed by atoms with van der Waals surface area (Å²) in [5.74, 6) is -0.307. The number of aliphatic hydroxyl groups is 1. The molecule has 1 amide bonds. The molecule has 3 heterocycles. The highest BCUT2D eigenvalue weighted by Crippen LogP contribution is 2.58. The van der Waals surface area contributed by atoms with E-state index >= 15 is 4.39 Å². The van der Waals surface area contributed by atoms with Crippen LogP contribution in [-0.4, -0.2) is 56.9 Å². The first-order chi connectivity index (χ1) is 18.5. The molecule has 1 aliphatic carbocycles. The summed E-state index contributed by atoms with van der Waals surface area (Å²) in [6.07, 6.45) is -3.46. The number of halogens is 4. The van der Waals surface area contributed by atoms with Gasteiger partial charge in [-0.05, 0) is 42.7 Å². The molecule has 6 rings (SSSR count). The molecule has 7 nitrogen and oxygen atoms in total. The molecular weight excluding hydrogens is 514 g/mol. The molecule has 1 aromatic heterocycles. The van der Waals surface area contributed by atoms with E-state index in [-0.39, 0.29) is 35.5 Å². The lowest BCUT2D eigenvalue weighted by atomic mass is 9.82. The molecule has 2 aliphatic heterocycles. The first kappa shape index (κ1) is 25.9. The van der Waals surface area contributed by atoms with Gasteiger partial charge in [-0.15, -0.1) is 10.2 Å². The van der Waals surface area contributed by atoms with E-state index in [9.17, 15) is 23.1 Å². The van der Waals surface area contributed by atoms with Crippen LogP contribution in [0.3, 0.4) is 0 Å². The number of likely N-dealkylation sites (tertiary alicyclic amines) is 1. The van der Waals surface area contributed by atoms with Crippen molar-refractivity contribution < 1.29 is 27.5 Å². The predicted molar refractivity (Wildman–Crippen MR) is 135 cm³/mol. The third-order valence-electron chi connectivity index (χ3n) is 8.48. The van der Waals surface area contributed by atoms with E-state index in [0.717, 1.165) is 6.07 Å². The Balaban J connectivity index is 1.40. The lowest BCUT2D eigenvalue weighted by Crippen LogP contribution is -2.58. The molecule has 39 heavy (non-hydrogen) atoms. The molecule has 2 fully saturated rings. The first-order valence-corrected chi connectivity index (χ1v) is 12.9. The quantitative estimate of drug-likeness (QED) is 0.442. The highest BCUT2D eigenvalue weighted by molar-refractivity contribution is 6.11. The zero-order valence-corrected chi connectivity index (χ0v) is 21.6. The van der Waals surface area contributed by atoms with Crippen LogP contribution in [0, 0.1) is 5.41 Å². The van der Waals surface area contributed by atoms with Gasteiger partial charge in [-0.1, -0.05) is 25.1 Å². The van der Waals surface area contributed by atoms with Crippen molar-refractivity contribution >= 4 is 11.6 Å². The summed E-state index contributed by atoms with van der Waals surface area (Å²) in [7, 11) is 1.68. The second-order valence-electron chi connectivity index (χ2n) is 11.5. The van der Waals surface area contributed by atoms with Crippen LogP contribution in [0.1, 0.15) is 64.9 Å². The van der Waals surface area contributed by atoms with Gasteiger partial charge >= 0.3 is 6.18 Å². The van der Waals surface area contributed by atoms with E-state index in [0.29, 0.717) is 37.2 Å². The van der Waals surface area contributed by atoms with E-state index in [1.165, 1.54) is 27.9 Å². The molecule has 0 spiro atoms. The number of carbonyl (C=O) groups is 1. The van der Waals surface area contributed by atoms with Gasteiger partial charge in [0.1, 0.15) is 6.33 Å². The number of benzene rings is 2. The molecule has 11 heteroatoms. The lowest BCUT2D eigenvalue weighted by molar-refractivity contribution is -0.138. The summed E-state index contributed by atoms with van der Waals surface area (Å²) >= 11 is 0. The smallest absolute Gasteiger partial charge is 0.396 e. The number of nitrogens with zero attached hydrogens (tertiary/aromatic N) is 5. The van der Waals surface area contributed by atoms with Crippen molar-refractivity contribution in [3.05, 3.63) is 76.9 Å². The summed E-state index contributed by atoms with van der Waals surface area (Å²) in [5.41, 5.74) is -0.907. The van der Waals surface area contributed by atoms with Gasteiger partial charge in [0.05, 0.1) is 18.2 Å². The molecule has 0 bridgehead atoms. The number of alkyl halides is 4.